The molecule has 2 N–H and O–H groups in total. The highest BCUT2D eigenvalue weighted by atomic mass is 32.2. The summed E-state index contributed by atoms with van der Waals surface area (Å²) >= 11 is 0. The van der Waals surface area contributed by atoms with Gasteiger partial charge in [-0.1, -0.05) is 18.2 Å². The number of alkyl halides is 3. The van der Waals surface area contributed by atoms with Crippen molar-refractivity contribution in [3.8, 4) is 0 Å². The Balaban J connectivity index is 1.45. The maximum atomic E-state index is 14.0. The van der Waals surface area contributed by atoms with Crippen molar-refractivity contribution in [3.63, 3.8) is 0 Å². The zero-order valence-corrected chi connectivity index (χ0v) is 20.7. The second kappa shape index (κ2) is 9.47. The first-order valence-corrected chi connectivity index (χ1v) is 13.1. The molecule has 13 heteroatoms. The van der Waals surface area contributed by atoms with Gasteiger partial charge in [-0.05, 0) is 37.4 Å². The first-order valence-electron chi connectivity index (χ1n) is 11.6. The molecule has 0 atom stereocenters. The number of rotatable bonds is 5. The molecular weight excluding hydrogens is 509 g/mol. The highest BCUT2D eigenvalue weighted by Gasteiger charge is 2.37. The minimum Gasteiger partial charge on any atom is -0.368 e. The van der Waals surface area contributed by atoms with E-state index in [0.717, 1.165) is 10.2 Å². The van der Waals surface area contributed by atoms with E-state index in [1.807, 2.05) is 11.9 Å². The van der Waals surface area contributed by atoms with Crippen LogP contribution in [-0.2, 0) is 29.3 Å². The Bertz CT molecular complexity index is 1430. The quantitative estimate of drug-likeness (QED) is 0.519. The largest absolute Gasteiger partial charge is 0.418 e. The molecule has 0 spiro atoms. The zero-order chi connectivity index (χ0) is 26.4. The van der Waals surface area contributed by atoms with Gasteiger partial charge in [-0.3, -0.25) is 4.79 Å². The van der Waals surface area contributed by atoms with Gasteiger partial charge >= 0.3 is 6.18 Å². The van der Waals surface area contributed by atoms with Crippen molar-refractivity contribution >= 4 is 27.4 Å². The van der Waals surface area contributed by atoms with Crippen LogP contribution in [0.15, 0.2) is 53.4 Å². The monoisotopic (exact) mass is 534 g/mol. The molecule has 1 amide bonds. The summed E-state index contributed by atoms with van der Waals surface area (Å²) in [5.74, 6) is -0.826. The highest BCUT2D eigenvalue weighted by molar-refractivity contribution is 7.89. The Labute approximate surface area is 211 Å². The number of hydrogen-bond acceptors (Lipinski definition) is 7. The van der Waals surface area contributed by atoms with Gasteiger partial charge in [0.15, 0.2) is 5.82 Å². The molecule has 196 valence electrons. The van der Waals surface area contributed by atoms with E-state index in [9.17, 15) is 26.4 Å². The van der Waals surface area contributed by atoms with Gasteiger partial charge in [-0.15, -0.1) is 5.10 Å². The van der Waals surface area contributed by atoms with Crippen LogP contribution < -0.4 is 15.5 Å². The third-order valence-corrected chi connectivity index (χ3v) is 8.18. The van der Waals surface area contributed by atoms with Crippen molar-refractivity contribution in [1.29, 1.82) is 0 Å². The third-order valence-electron chi connectivity index (χ3n) is 6.56. The topological polar surface area (TPSA) is 99.6 Å². The van der Waals surface area contributed by atoms with Crippen LogP contribution in [0.1, 0.15) is 27.2 Å². The lowest BCUT2D eigenvalue weighted by molar-refractivity contribution is -0.137. The minimum atomic E-state index is -4.66. The molecule has 2 aromatic carbocycles. The van der Waals surface area contributed by atoms with Crippen LogP contribution in [0, 0.1) is 0 Å². The lowest BCUT2D eigenvalue weighted by atomic mass is 10.1. The van der Waals surface area contributed by atoms with E-state index in [1.54, 1.807) is 23.1 Å². The molecule has 0 aliphatic carbocycles. The number of anilines is 2. The summed E-state index contributed by atoms with van der Waals surface area (Å²) in [5, 5.41) is 9.69. The molecular formula is C24H25F3N6O3S. The summed E-state index contributed by atoms with van der Waals surface area (Å²) in [4.78, 5) is 16.8. The van der Waals surface area contributed by atoms with Crippen molar-refractivity contribution < 1.29 is 26.4 Å². The Hall–Kier alpha value is -3.42. The van der Waals surface area contributed by atoms with E-state index < -0.39 is 27.7 Å². The first-order chi connectivity index (χ1) is 17.6. The molecule has 5 rings (SSSR count). The molecule has 1 saturated heterocycles. The number of likely N-dealkylation sites (N-methyl/N-ethyl adjacent to an activating group) is 1. The van der Waals surface area contributed by atoms with Crippen LogP contribution in [-0.4, -0.2) is 61.6 Å². The smallest absolute Gasteiger partial charge is 0.368 e. The zero-order valence-electron chi connectivity index (χ0n) is 19.9. The number of fused-ring (bicyclic) bond motifs is 1. The number of amides is 1. The molecule has 0 bridgehead atoms. The Morgan fingerprint density at radius 1 is 1.03 bits per heavy atom. The number of benzene rings is 2. The minimum absolute atomic E-state index is 0.0128. The Morgan fingerprint density at radius 2 is 1.73 bits per heavy atom. The molecule has 37 heavy (non-hydrogen) atoms. The van der Waals surface area contributed by atoms with Gasteiger partial charge in [-0.2, -0.15) is 25.7 Å². The molecule has 3 aromatic rings. The van der Waals surface area contributed by atoms with E-state index in [-0.39, 0.29) is 35.1 Å². The van der Waals surface area contributed by atoms with E-state index >= 15 is 0 Å². The summed E-state index contributed by atoms with van der Waals surface area (Å²) < 4.78 is 69.1. The van der Waals surface area contributed by atoms with Crippen LogP contribution in [0.2, 0.25) is 0 Å². The summed E-state index contributed by atoms with van der Waals surface area (Å²) in [7, 11) is -2.12. The van der Waals surface area contributed by atoms with Gasteiger partial charge in [0.05, 0.1) is 16.2 Å². The van der Waals surface area contributed by atoms with Gasteiger partial charge < -0.3 is 20.4 Å². The van der Waals surface area contributed by atoms with Crippen LogP contribution >= 0.6 is 0 Å². The van der Waals surface area contributed by atoms with Crippen LogP contribution in [0.5, 0.6) is 0 Å². The van der Waals surface area contributed by atoms with Crippen molar-refractivity contribution in [1.82, 2.24) is 19.4 Å². The molecule has 0 unspecified atom stereocenters. The van der Waals surface area contributed by atoms with Gasteiger partial charge in [0.2, 0.25) is 0 Å². The lowest BCUT2D eigenvalue weighted by Crippen LogP contribution is -2.45. The molecule has 3 heterocycles. The number of carbonyl (C=O) groups excluding carboxylic acids is 1. The number of nitrogens with zero attached hydrogens (tertiary/aromatic N) is 4. The van der Waals surface area contributed by atoms with Crippen LogP contribution in [0.3, 0.4) is 0 Å². The molecule has 9 nitrogen and oxygen atoms in total. The highest BCUT2D eigenvalue weighted by Crippen LogP contribution is 2.38. The number of piperazine rings is 1. The van der Waals surface area contributed by atoms with Gasteiger partial charge in [-0.25, -0.2) is 0 Å². The van der Waals surface area contributed by atoms with E-state index in [0.29, 0.717) is 37.4 Å². The fourth-order valence-electron chi connectivity index (χ4n) is 4.53. The summed E-state index contributed by atoms with van der Waals surface area (Å²) in [6.45, 7) is 2.61. The maximum absolute atomic E-state index is 14.0. The SMILES string of the molecule is CN1CCN(c2ccc(C(=O)Nc3nn(S(=O)(=O)c4ccccc4)c4c3CNC4)cc2C(F)(F)F)CC1. The predicted octanol–water partition coefficient (Wildman–Crippen LogP) is 2.75. The number of carbonyl (C=O) groups is 1. The van der Waals surface area contributed by atoms with Gasteiger partial charge in [0.25, 0.3) is 15.9 Å². The van der Waals surface area contributed by atoms with Crippen molar-refractivity contribution in [2.24, 2.45) is 0 Å². The summed E-state index contributed by atoms with van der Waals surface area (Å²) in [6.07, 6.45) is -4.66. The van der Waals surface area contributed by atoms with E-state index in [2.05, 4.69) is 15.7 Å². The summed E-state index contributed by atoms with van der Waals surface area (Å²) in [5.41, 5.74) is -0.238. The molecule has 2 aliphatic heterocycles. The van der Waals surface area contributed by atoms with Crippen molar-refractivity contribution in [3.05, 3.63) is 70.9 Å². The van der Waals surface area contributed by atoms with E-state index in [1.165, 1.54) is 24.3 Å². The molecule has 2 aliphatic rings. The van der Waals surface area contributed by atoms with Gasteiger partial charge in [0, 0.05) is 56.1 Å². The normalized spacial score (nSPS) is 16.6. The van der Waals surface area contributed by atoms with Crippen LogP contribution in [0.25, 0.3) is 0 Å². The van der Waals surface area contributed by atoms with Crippen molar-refractivity contribution in [2.75, 3.05) is 43.4 Å². The van der Waals surface area contributed by atoms with Gasteiger partial charge in [0.1, 0.15) is 0 Å². The lowest BCUT2D eigenvalue weighted by Gasteiger charge is -2.35. The molecule has 1 fully saturated rings. The second-order valence-electron chi connectivity index (χ2n) is 9.01. The maximum Gasteiger partial charge on any atom is 0.418 e. The second-order valence-corrected chi connectivity index (χ2v) is 10.8. The fourth-order valence-corrected chi connectivity index (χ4v) is 5.88. The van der Waals surface area contributed by atoms with E-state index in [4.69, 9.17) is 0 Å². The van der Waals surface area contributed by atoms with Crippen LogP contribution in [0.4, 0.5) is 24.7 Å². The van der Waals surface area contributed by atoms with Crippen molar-refractivity contribution in [2.45, 2.75) is 24.2 Å². The number of aromatic nitrogens is 2. The summed E-state index contributed by atoms with van der Waals surface area (Å²) in [6, 6.07) is 11.2. The molecule has 0 saturated carbocycles. The average molecular weight is 535 g/mol. The Morgan fingerprint density at radius 3 is 2.41 bits per heavy atom. The third kappa shape index (κ3) is 4.81. The molecule has 1 aromatic heterocycles. The fraction of sp³-hybridized carbons (Fsp3) is 0.333. The average Bonchev–Trinajstić information content (AvgIpc) is 3.48. The number of halogens is 3. The number of nitrogens with one attached hydrogen (secondary N) is 2. The standard InChI is InChI=1S/C24H25F3N6O3S/c1-31-9-11-32(12-10-31)20-8-7-16(13-19(20)24(25,26)27)23(34)29-22-18-14-28-15-21(18)33(30-22)37(35,36)17-5-3-2-4-6-17/h2-8,13,28H,9-12,14-15H2,1H3,(H,29,30,34). The number of hydrogen-bond donors (Lipinski definition) is 2. The first kappa shape index (κ1) is 25.2. The predicted molar refractivity (Wildman–Crippen MR) is 131 cm³/mol. The Kier molecular flexibility index (Phi) is 6.46. The molecule has 0 radical (unpaired) electrons.